The van der Waals surface area contributed by atoms with Crippen molar-refractivity contribution in [2.75, 3.05) is 27.7 Å². The van der Waals surface area contributed by atoms with Crippen molar-refractivity contribution in [2.24, 2.45) is 0 Å². The Kier molecular flexibility index (Phi) is 5.44. The van der Waals surface area contributed by atoms with Crippen LogP contribution in [0.3, 0.4) is 0 Å². The molecule has 0 radical (unpaired) electrons. The van der Waals surface area contributed by atoms with Crippen molar-refractivity contribution in [3.63, 3.8) is 0 Å². The largest absolute Gasteiger partial charge is 1.00 e. The van der Waals surface area contributed by atoms with Crippen molar-refractivity contribution < 1.29 is 33.6 Å². The SMILES string of the molecule is C[N+](C)(C)CCc1cccc(O)c1.[I-]. The summed E-state index contributed by atoms with van der Waals surface area (Å²) < 4.78 is 0.954. The summed E-state index contributed by atoms with van der Waals surface area (Å²) in [5.41, 5.74) is 1.20. The highest BCUT2D eigenvalue weighted by molar-refractivity contribution is 5.27. The van der Waals surface area contributed by atoms with Crippen LogP contribution in [0.5, 0.6) is 5.75 Å². The summed E-state index contributed by atoms with van der Waals surface area (Å²) in [5, 5.41) is 9.24. The van der Waals surface area contributed by atoms with Crippen LogP contribution in [0.1, 0.15) is 5.56 Å². The molecule has 0 aliphatic heterocycles. The second kappa shape index (κ2) is 5.56. The average Bonchev–Trinajstić information content (AvgIpc) is 2.00. The topological polar surface area (TPSA) is 20.2 Å². The van der Waals surface area contributed by atoms with E-state index >= 15 is 0 Å². The lowest BCUT2D eigenvalue weighted by molar-refractivity contribution is -0.870. The number of quaternary nitrogens is 1. The predicted molar refractivity (Wildman–Crippen MR) is 54.7 cm³/mol. The molecule has 3 heteroatoms. The molecular formula is C11H18INO. The van der Waals surface area contributed by atoms with Crippen LogP contribution in [-0.2, 0) is 6.42 Å². The van der Waals surface area contributed by atoms with Crippen LogP contribution in [0.15, 0.2) is 24.3 Å². The monoisotopic (exact) mass is 307 g/mol. The Morgan fingerprint density at radius 3 is 2.36 bits per heavy atom. The van der Waals surface area contributed by atoms with Gasteiger partial charge >= 0.3 is 0 Å². The minimum absolute atomic E-state index is 0. The molecule has 0 saturated carbocycles. The molecule has 0 unspecified atom stereocenters. The van der Waals surface area contributed by atoms with Gasteiger partial charge in [-0.2, -0.15) is 0 Å². The van der Waals surface area contributed by atoms with E-state index in [2.05, 4.69) is 27.2 Å². The van der Waals surface area contributed by atoms with E-state index in [1.807, 2.05) is 12.1 Å². The number of hydrogen-bond donors (Lipinski definition) is 1. The lowest BCUT2D eigenvalue weighted by atomic mass is 10.1. The molecule has 14 heavy (non-hydrogen) atoms. The fourth-order valence-corrected chi connectivity index (χ4v) is 1.18. The molecule has 0 bridgehead atoms. The molecule has 0 aliphatic carbocycles. The van der Waals surface area contributed by atoms with Crippen molar-refractivity contribution in [3.8, 4) is 5.75 Å². The molecule has 0 fully saturated rings. The van der Waals surface area contributed by atoms with Gasteiger partial charge in [0, 0.05) is 6.42 Å². The van der Waals surface area contributed by atoms with Crippen LogP contribution in [0, 0.1) is 0 Å². The molecule has 0 saturated heterocycles. The van der Waals surface area contributed by atoms with Gasteiger partial charge in [-0.1, -0.05) is 12.1 Å². The molecule has 80 valence electrons. The lowest BCUT2D eigenvalue weighted by Gasteiger charge is -2.23. The van der Waals surface area contributed by atoms with Crippen LogP contribution >= 0.6 is 0 Å². The molecule has 2 nitrogen and oxygen atoms in total. The van der Waals surface area contributed by atoms with E-state index in [1.54, 1.807) is 6.07 Å². The first kappa shape index (κ1) is 13.7. The first-order valence-electron chi connectivity index (χ1n) is 4.56. The maximum Gasteiger partial charge on any atom is 0.115 e. The normalized spacial score (nSPS) is 10.8. The van der Waals surface area contributed by atoms with Crippen LogP contribution in [0.4, 0.5) is 0 Å². The zero-order valence-corrected chi connectivity index (χ0v) is 11.2. The van der Waals surface area contributed by atoms with E-state index in [0.717, 1.165) is 17.4 Å². The standard InChI is InChI=1S/C11H17NO.HI/c1-12(2,3)8-7-10-5-4-6-11(13)9-10;/h4-6,9H,7-8H2,1-3H3;1H. The van der Waals surface area contributed by atoms with Crippen molar-refractivity contribution in [1.29, 1.82) is 0 Å². The highest BCUT2D eigenvalue weighted by Gasteiger charge is 2.06. The quantitative estimate of drug-likeness (QED) is 0.541. The number of phenolic OH excluding ortho intramolecular Hbond substituents is 1. The Balaban J connectivity index is 0.00000169. The number of rotatable bonds is 3. The van der Waals surface area contributed by atoms with Gasteiger partial charge in [0.25, 0.3) is 0 Å². The number of benzene rings is 1. The van der Waals surface area contributed by atoms with Gasteiger partial charge in [-0.05, 0) is 17.7 Å². The fraction of sp³-hybridized carbons (Fsp3) is 0.455. The number of phenols is 1. The Labute approximate surface area is 103 Å². The molecule has 0 heterocycles. The first-order chi connectivity index (χ1) is 5.97. The number of halogens is 1. The second-order valence-electron chi connectivity index (χ2n) is 4.43. The van der Waals surface area contributed by atoms with Gasteiger partial charge in [0.2, 0.25) is 0 Å². The van der Waals surface area contributed by atoms with Crippen LogP contribution in [0.25, 0.3) is 0 Å². The third-order valence-corrected chi connectivity index (χ3v) is 1.98. The summed E-state index contributed by atoms with van der Waals surface area (Å²) in [4.78, 5) is 0. The summed E-state index contributed by atoms with van der Waals surface area (Å²) in [5.74, 6) is 0.360. The molecule has 1 rings (SSSR count). The molecule has 1 aromatic carbocycles. The van der Waals surface area contributed by atoms with Crippen molar-refractivity contribution in [1.82, 2.24) is 0 Å². The van der Waals surface area contributed by atoms with E-state index in [1.165, 1.54) is 5.56 Å². The number of hydrogen-bond acceptors (Lipinski definition) is 1. The van der Waals surface area contributed by atoms with Gasteiger partial charge in [-0.3, -0.25) is 0 Å². The van der Waals surface area contributed by atoms with Crippen molar-refractivity contribution in [3.05, 3.63) is 29.8 Å². The van der Waals surface area contributed by atoms with Gasteiger partial charge < -0.3 is 33.6 Å². The number of aromatic hydroxyl groups is 1. The molecular weight excluding hydrogens is 289 g/mol. The minimum Gasteiger partial charge on any atom is -1.00 e. The van der Waals surface area contributed by atoms with Gasteiger partial charge in [0.05, 0.1) is 27.7 Å². The molecule has 0 atom stereocenters. The lowest BCUT2D eigenvalue weighted by Crippen LogP contribution is -3.00. The Morgan fingerprint density at radius 2 is 1.86 bits per heavy atom. The van der Waals surface area contributed by atoms with E-state index < -0.39 is 0 Å². The average molecular weight is 307 g/mol. The Bertz CT molecular complexity index is 281. The van der Waals surface area contributed by atoms with Gasteiger partial charge in [-0.25, -0.2) is 0 Å². The van der Waals surface area contributed by atoms with Crippen LogP contribution in [0.2, 0.25) is 0 Å². The molecule has 0 aromatic heterocycles. The molecule has 0 spiro atoms. The third kappa shape index (κ3) is 5.44. The number of likely N-dealkylation sites (N-methyl/N-ethyl adjacent to an activating group) is 1. The van der Waals surface area contributed by atoms with E-state index in [0.29, 0.717) is 5.75 Å². The molecule has 0 amide bonds. The summed E-state index contributed by atoms with van der Waals surface area (Å²) in [6.07, 6.45) is 1.01. The van der Waals surface area contributed by atoms with E-state index in [-0.39, 0.29) is 24.0 Å². The second-order valence-corrected chi connectivity index (χ2v) is 4.43. The van der Waals surface area contributed by atoms with E-state index in [4.69, 9.17) is 0 Å². The third-order valence-electron chi connectivity index (χ3n) is 1.98. The first-order valence-corrected chi connectivity index (χ1v) is 4.56. The zero-order valence-electron chi connectivity index (χ0n) is 9.00. The van der Waals surface area contributed by atoms with Gasteiger partial charge in [0.1, 0.15) is 5.75 Å². The van der Waals surface area contributed by atoms with Gasteiger partial charge in [0.15, 0.2) is 0 Å². The van der Waals surface area contributed by atoms with E-state index in [9.17, 15) is 5.11 Å². The Hall–Kier alpha value is -0.290. The predicted octanol–water partition coefficient (Wildman–Crippen LogP) is -1.36. The maximum atomic E-state index is 9.24. The zero-order chi connectivity index (χ0) is 9.90. The highest BCUT2D eigenvalue weighted by Crippen LogP contribution is 2.11. The molecule has 1 N–H and O–H groups in total. The maximum absolute atomic E-state index is 9.24. The molecule has 1 aromatic rings. The van der Waals surface area contributed by atoms with Crippen LogP contribution < -0.4 is 24.0 Å². The summed E-state index contributed by atoms with van der Waals surface area (Å²) in [6.45, 7) is 1.09. The fourth-order valence-electron chi connectivity index (χ4n) is 1.18. The highest BCUT2D eigenvalue weighted by atomic mass is 127. The summed E-state index contributed by atoms with van der Waals surface area (Å²) >= 11 is 0. The van der Waals surface area contributed by atoms with Crippen LogP contribution in [-0.4, -0.2) is 37.3 Å². The summed E-state index contributed by atoms with van der Waals surface area (Å²) in [7, 11) is 6.51. The Morgan fingerprint density at radius 1 is 1.21 bits per heavy atom. The number of nitrogens with zero attached hydrogens (tertiary/aromatic N) is 1. The van der Waals surface area contributed by atoms with Gasteiger partial charge in [-0.15, -0.1) is 0 Å². The van der Waals surface area contributed by atoms with Crippen molar-refractivity contribution in [2.45, 2.75) is 6.42 Å². The van der Waals surface area contributed by atoms with Crippen molar-refractivity contribution >= 4 is 0 Å². The minimum atomic E-state index is 0. The summed E-state index contributed by atoms with van der Waals surface area (Å²) in [6, 6.07) is 7.47. The smallest absolute Gasteiger partial charge is 0.115 e. The molecule has 0 aliphatic rings.